The van der Waals surface area contributed by atoms with Gasteiger partial charge >= 0.3 is 0 Å². The van der Waals surface area contributed by atoms with Crippen LogP contribution in [0.5, 0.6) is 0 Å². The first-order valence-electron chi connectivity index (χ1n) is 5.47. The average Bonchev–Trinajstić information content (AvgIpc) is 2.77. The maximum Gasteiger partial charge on any atom is 0.216 e. The molecule has 0 aliphatic heterocycles. The molecule has 0 saturated carbocycles. The van der Waals surface area contributed by atoms with Crippen LogP contribution in [0, 0.1) is 6.92 Å². The Hall–Kier alpha value is -1.79. The van der Waals surface area contributed by atoms with Crippen molar-refractivity contribution in [2.75, 3.05) is 5.73 Å². The predicted octanol–water partition coefficient (Wildman–Crippen LogP) is 1.68. The van der Waals surface area contributed by atoms with Gasteiger partial charge in [0.05, 0.1) is 11.6 Å². The number of ketones is 1. The van der Waals surface area contributed by atoms with Crippen LogP contribution in [-0.2, 0) is 0 Å². The lowest BCUT2D eigenvalue weighted by Gasteiger charge is -2.05. The number of nitrogens with zero attached hydrogens (tertiary/aromatic N) is 2. The smallest absolute Gasteiger partial charge is 0.216 e. The maximum absolute atomic E-state index is 12.3. The Balaban J connectivity index is 2.42. The van der Waals surface area contributed by atoms with Gasteiger partial charge in [-0.15, -0.1) is 11.3 Å². The molecule has 0 saturated heterocycles. The zero-order chi connectivity index (χ0) is 13.3. The van der Waals surface area contributed by atoms with Crippen molar-refractivity contribution in [2.24, 2.45) is 5.73 Å². The van der Waals surface area contributed by atoms with Crippen LogP contribution in [0.2, 0.25) is 0 Å². The number of hydrogen-bond acceptors (Lipinski definition) is 6. The highest BCUT2D eigenvalue weighted by Gasteiger charge is 2.19. The van der Waals surface area contributed by atoms with Crippen molar-refractivity contribution in [3.8, 4) is 0 Å². The van der Waals surface area contributed by atoms with E-state index in [1.807, 2.05) is 13.8 Å². The summed E-state index contributed by atoms with van der Waals surface area (Å²) in [5, 5.41) is 2.44. The van der Waals surface area contributed by atoms with E-state index >= 15 is 0 Å². The van der Waals surface area contributed by atoms with Gasteiger partial charge in [0.2, 0.25) is 5.78 Å². The predicted molar refractivity (Wildman–Crippen MR) is 71.5 cm³/mol. The Labute approximate surface area is 109 Å². The molecule has 18 heavy (non-hydrogen) atoms. The molecule has 2 heterocycles. The minimum Gasteiger partial charge on any atom is -0.383 e. The number of hydrogen-bond donors (Lipinski definition) is 2. The molecule has 5 nitrogen and oxygen atoms in total. The molecule has 1 unspecified atom stereocenters. The Morgan fingerprint density at radius 3 is 2.78 bits per heavy atom. The lowest BCUT2D eigenvalue weighted by atomic mass is 10.0. The van der Waals surface area contributed by atoms with Gasteiger partial charge in [-0.2, -0.15) is 0 Å². The quantitative estimate of drug-likeness (QED) is 0.820. The molecular formula is C12H14N4OS. The zero-order valence-corrected chi connectivity index (χ0v) is 11.0. The lowest BCUT2D eigenvalue weighted by molar-refractivity contribution is 0.103. The van der Waals surface area contributed by atoms with Crippen LogP contribution in [0.4, 0.5) is 5.82 Å². The number of aryl methyl sites for hydroxylation is 1. The first kappa shape index (κ1) is 12.7. The molecule has 4 N–H and O–H groups in total. The summed E-state index contributed by atoms with van der Waals surface area (Å²) < 4.78 is 0. The second-order valence-electron chi connectivity index (χ2n) is 4.08. The molecule has 0 spiro atoms. The summed E-state index contributed by atoms with van der Waals surface area (Å²) in [6.07, 6.45) is 1.58. The summed E-state index contributed by atoms with van der Waals surface area (Å²) in [6, 6.07) is 1.58. The third kappa shape index (κ3) is 2.25. The molecule has 6 heteroatoms. The molecule has 2 aromatic rings. The van der Waals surface area contributed by atoms with Crippen molar-refractivity contribution >= 4 is 22.9 Å². The fourth-order valence-electron chi connectivity index (χ4n) is 1.60. The number of nitrogens with two attached hydrogens (primary N) is 2. The highest BCUT2D eigenvalue weighted by atomic mass is 32.1. The van der Waals surface area contributed by atoms with Gasteiger partial charge in [0.1, 0.15) is 16.5 Å². The molecule has 2 aromatic heterocycles. The van der Waals surface area contributed by atoms with E-state index in [1.165, 1.54) is 11.3 Å². The molecule has 0 aliphatic rings. The van der Waals surface area contributed by atoms with Crippen molar-refractivity contribution in [2.45, 2.75) is 19.9 Å². The average molecular weight is 262 g/mol. The Kier molecular flexibility index (Phi) is 3.40. The van der Waals surface area contributed by atoms with E-state index in [4.69, 9.17) is 11.5 Å². The normalized spacial score (nSPS) is 12.4. The van der Waals surface area contributed by atoms with Crippen LogP contribution >= 0.6 is 11.3 Å². The van der Waals surface area contributed by atoms with Crippen molar-refractivity contribution in [1.29, 1.82) is 0 Å². The number of carbonyl (C=O) groups is 1. The third-order valence-corrected chi connectivity index (χ3v) is 3.61. The minimum atomic E-state index is -0.207. The lowest BCUT2D eigenvalue weighted by Crippen LogP contribution is -2.10. The van der Waals surface area contributed by atoms with Crippen molar-refractivity contribution in [1.82, 2.24) is 9.97 Å². The van der Waals surface area contributed by atoms with E-state index in [0.717, 1.165) is 10.6 Å². The standard InChI is InChI=1S/C12H14N4OS/c1-6-3-4-15-11(14)9(6)10(17)8-5-18-12(16-8)7(2)13/h3-5,7H,13H2,1-2H3,(H2,14,15). The van der Waals surface area contributed by atoms with Gasteiger partial charge in [0, 0.05) is 11.6 Å². The Morgan fingerprint density at radius 1 is 1.50 bits per heavy atom. The van der Waals surface area contributed by atoms with Gasteiger partial charge in [-0.1, -0.05) is 0 Å². The van der Waals surface area contributed by atoms with Gasteiger partial charge in [-0.05, 0) is 25.5 Å². The topological polar surface area (TPSA) is 94.9 Å². The van der Waals surface area contributed by atoms with Crippen LogP contribution < -0.4 is 11.5 Å². The van der Waals surface area contributed by atoms with E-state index in [2.05, 4.69) is 9.97 Å². The fraction of sp³-hybridized carbons (Fsp3) is 0.250. The van der Waals surface area contributed by atoms with Gasteiger partial charge in [0.25, 0.3) is 0 Å². The summed E-state index contributed by atoms with van der Waals surface area (Å²) >= 11 is 1.37. The number of rotatable bonds is 3. The van der Waals surface area contributed by atoms with Crippen LogP contribution in [0.15, 0.2) is 17.6 Å². The van der Waals surface area contributed by atoms with Gasteiger partial charge in [-0.3, -0.25) is 4.79 Å². The molecule has 0 amide bonds. The highest BCUT2D eigenvalue weighted by Crippen LogP contribution is 2.21. The van der Waals surface area contributed by atoms with E-state index in [1.54, 1.807) is 17.6 Å². The number of aromatic nitrogens is 2. The summed E-state index contributed by atoms with van der Waals surface area (Å²) in [7, 11) is 0. The summed E-state index contributed by atoms with van der Waals surface area (Å²) in [4.78, 5) is 20.5. The van der Waals surface area contributed by atoms with Gasteiger partial charge in [-0.25, -0.2) is 9.97 Å². The van der Waals surface area contributed by atoms with Crippen molar-refractivity contribution in [3.05, 3.63) is 39.5 Å². The molecular weight excluding hydrogens is 248 g/mol. The maximum atomic E-state index is 12.3. The highest BCUT2D eigenvalue weighted by molar-refractivity contribution is 7.09. The molecule has 1 atom stereocenters. The number of anilines is 1. The van der Waals surface area contributed by atoms with Crippen LogP contribution in [0.3, 0.4) is 0 Å². The largest absolute Gasteiger partial charge is 0.383 e. The van der Waals surface area contributed by atoms with Crippen molar-refractivity contribution in [3.63, 3.8) is 0 Å². The Morgan fingerprint density at radius 2 is 2.22 bits per heavy atom. The molecule has 94 valence electrons. The number of thiazole rings is 1. The van der Waals surface area contributed by atoms with E-state index in [9.17, 15) is 4.79 Å². The molecule has 0 fully saturated rings. The first-order chi connectivity index (χ1) is 8.50. The zero-order valence-electron chi connectivity index (χ0n) is 10.2. The van der Waals surface area contributed by atoms with Crippen LogP contribution in [0.1, 0.15) is 39.6 Å². The van der Waals surface area contributed by atoms with Crippen molar-refractivity contribution < 1.29 is 4.79 Å². The monoisotopic (exact) mass is 262 g/mol. The summed E-state index contributed by atoms with van der Waals surface area (Å²) in [5.74, 6) is 0.0246. The number of nitrogen functional groups attached to an aromatic ring is 1. The molecule has 0 aromatic carbocycles. The summed E-state index contributed by atoms with van der Waals surface area (Å²) in [5.41, 5.74) is 13.1. The van der Waals surface area contributed by atoms with Crippen LogP contribution in [0.25, 0.3) is 0 Å². The minimum absolute atomic E-state index is 0.177. The number of pyridine rings is 1. The molecule has 0 aliphatic carbocycles. The second kappa shape index (κ2) is 4.83. The SMILES string of the molecule is Cc1ccnc(N)c1C(=O)c1csc(C(C)N)n1. The molecule has 2 rings (SSSR count). The Bertz CT molecular complexity index is 571. The summed E-state index contributed by atoms with van der Waals surface area (Å²) in [6.45, 7) is 3.65. The first-order valence-corrected chi connectivity index (χ1v) is 6.35. The molecule has 0 radical (unpaired) electrons. The molecule has 0 bridgehead atoms. The third-order valence-electron chi connectivity index (χ3n) is 2.56. The van der Waals surface area contributed by atoms with Gasteiger partial charge < -0.3 is 11.5 Å². The van der Waals surface area contributed by atoms with E-state index in [-0.39, 0.29) is 17.6 Å². The van der Waals surface area contributed by atoms with E-state index < -0.39 is 0 Å². The van der Waals surface area contributed by atoms with Gasteiger partial charge in [0.15, 0.2) is 0 Å². The second-order valence-corrected chi connectivity index (χ2v) is 4.97. The number of carbonyl (C=O) groups excluding carboxylic acids is 1. The van der Waals surface area contributed by atoms with E-state index in [0.29, 0.717) is 11.3 Å². The fourth-order valence-corrected chi connectivity index (χ4v) is 2.36. The van der Waals surface area contributed by atoms with Crippen LogP contribution in [-0.4, -0.2) is 15.8 Å².